The van der Waals surface area contributed by atoms with Gasteiger partial charge in [0.15, 0.2) is 11.8 Å². The Balaban J connectivity index is 1.67. The van der Waals surface area contributed by atoms with Crippen LogP contribution in [-0.2, 0) is 6.18 Å². The van der Waals surface area contributed by atoms with Crippen LogP contribution in [0, 0.1) is 11.6 Å². The van der Waals surface area contributed by atoms with Gasteiger partial charge in [0.25, 0.3) is 11.8 Å². The Kier molecular flexibility index (Phi) is 6.52. The fourth-order valence-corrected chi connectivity index (χ4v) is 3.58. The van der Waals surface area contributed by atoms with Crippen LogP contribution >= 0.6 is 0 Å². The number of amides is 1. The van der Waals surface area contributed by atoms with Gasteiger partial charge in [-0.25, -0.2) is 26.5 Å². The molecule has 0 aliphatic rings. The van der Waals surface area contributed by atoms with Crippen LogP contribution in [0.5, 0.6) is 0 Å². The molecule has 2 aromatic heterocycles. The maximum absolute atomic E-state index is 15.4. The molecule has 0 aliphatic carbocycles. The van der Waals surface area contributed by atoms with Crippen molar-refractivity contribution in [2.75, 3.05) is 12.3 Å². The van der Waals surface area contributed by atoms with E-state index in [4.69, 9.17) is 5.73 Å². The lowest BCUT2D eigenvalue weighted by Gasteiger charge is -2.22. The van der Waals surface area contributed by atoms with Crippen molar-refractivity contribution in [2.24, 2.45) is 0 Å². The molecule has 0 saturated heterocycles. The second-order valence-corrected chi connectivity index (χ2v) is 7.89. The molecule has 0 saturated carbocycles. The summed E-state index contributed by atoms with van der Waals surface area (Å²) >= 11 is 0. The molecule has 0 spiro atoms. The number of anilines is 1. The Bertz CT molecular complexity index is 1470. The maximum atomic E-state index is 15.4. The summed E-state index contributed by atoms with van der Waals surface area (Å²) in [4.78, 5) is 16.4. The van der Waals surface area contributed by atoms with Crippen LogP contribution in [0.25, 0.3) is 16.8 Å². The molecule has 0 fully saturated rings. The van der Waals surface area contributed by atoms with Gasteiger partial charge in [-0.15, -0.1) is 5.10 Å². The molecule has 4 aromatic rings. The molecule has 3 N–H and O–H groups in total. The Labute approximate surface area is 202 Å². The highest BCUT2D eigenvalue weighted by Gasteiger charge is 2.43. The average molecular weight is 529 g/mol. The van der Waals surface area contributed by atoms with Gasteiger partial charge < -0.3 is 11.1 Å². The molecule has 1 amide bonds. The number of fused-ring (bicyclic) bond motifs is 1. The molecule has 0 unspecified atom stereocenters. The first-order valence-corrected chi connectivity index (χ1v) is 10.4. The molecule has 4 rings (SSSR count). The van der Waals surface area contributed by atoms with E-state index in [9.17, 15) is 35.5 Å². The Morgan fingerprint density at radius 3 is 2.35 bits per heavy atom. The summed E-state index contributed by atoms with van der Waals surface area (Å²) in [6.07, 6.45) is -6.96. The predicted octanol–water partition coefficient (Wildman–Crippen LogP) is 5.35. The van der Waals surface area contributed by atoms with Crippen LogP contribution in [0.3, 0.4) is 0 Å². The summed E-state index contributed by atoms with van der Waals surface area (Å²) < 4.78 is 113. The second-order valence-electron chi connectivity index (χ2n) is 7.89. The van der Waals surface area contributed by atoms with Crippen molar-refractivity contribution in [3.8, 4) is 11.1 Å². The number of nitrogens with two attached hydrogens (primary N) is 1. The smallest absolute Gasteiger partial charge is 0.366 e. The van der Waals surface area contributed by atoms with Gasteiger partial charge in [0.1, 0.15) is 11.6 Å². The van der Waals surface area contributed by atoms with Crippen LogP contribution in [-0.4, -0.2) is 33.0 Å². The molecule has 2 heterocycles. The number of rotatable bonds is 6. The first-order valence-electron chi connectivity index (χ1n) is 10.4. The maximum Gasteiger partial charge on any atom is 0.417 e. The van der Waals surface area contributed by atoms with Crippen molar-refractivity contribution in [1.29, 1.82) is 0 Å². The summed E-state index contributed by atoms with van der Waals surface area (Å²) in [7, 11) is 0. The molecular weight excluding hydrogens is 514 g/mol. The molecular formula is C23H15F8N5O. The summed E-state index contributed by atoms with van der Waals surface area (Å²) in [5.41, 5.74) is 1.21. The van der Waals surface area contributed by atoms with Crippen LogP contribution in [0.1, 0.15) is 27.7 Å². The highest BCUT2D eigenvalue weighted by molar-refractivity contribution is 5.97. The minimum absolute atomic E-state index is 0.00867. The molecule has 14 heteroatoms. The molecule has 0 aliphatic heterocycles. The minimum atomic E-state index is -5.23. The van der Waals surface area contributed by atoms with E-state index < -0.39 is 64.6 Å². The zero-order valence-corrected chi connectivity index (χ0v) is 18.3. The van der Waals surface area contributed by atoms with Crippen LogP contribution in [0.4, 0.5) is 41.1 Å². The lowest BCUT2D eigenvalue weighted by Crippen LogP contribution is -2.40. The van der Waals surface area contributed by atoms with Gasteiger partial charge in [-0.05, 0) is 41.5 Å². The topological polar surface area (TPSA) is 85.3 Å². The van der Waals surface area contributed by atoms with Gasteiger partial charge in [0.05, 0.1) is 17.7 Å². The Hall–Kier alpha value is -4.23. The summed E-state index contributed by atoms with van der Waals surface area (Å²) in [6, 6.07) is 6.66. The number of benzene rings is 2. The monoisotopic (exact) mass is 529 g/mol. The van der Waals surface area contributed by atoms with Crippen molar-refractivity contribution >= 4 is 17.5 Å². The number of carbonyl (C=O) groups is 1. The number of nitrogens with zero attached hydrogens (tertiary/aromatic N) is 3. The standard InChI is InChI=1S/C23H15F8N5O/c24-13-3-1-11(2-4-13)19(26)22(27,28)10-33-20(37)17-15(23(29,30)31)6-5-14(18(17)25)12-7-8-36-16(9-12)34-21(32)35-36/h1-9,19H,10H2,(H2,32,35)(H,33,37)/t19-/m0/s1. The lowest BCUT2D eigenvalue weighted by molar-refractivity contribution is -0.138. The number of pyridine rings is 1. The number of hydrogen-bond acceptors (Lipinski definition) is 4. The van der Waals surface area contributed by atoms with Crippen molar-refractivity contribution in [3.05, 3.63) is 83.1 Å². The molecule has 0 radical (unpaired) electrons. The lowest BCUT2D eigenvalue weighted by atomic mass is 9.97. The van der Waals surface area contributed by atoms with E-state index in [0.29, 0.717) is 6.07 Å². The van der Waals surface area contributed by atoms with Crippen LogP contribution in [0.15, 0.2) is 54.7 Å². The third-order valence-electron chi connectivity index (χ3n) is 5.36. The van der Waals surface area contributed by atoms with Crippen molar-refractivity contribution in [2.45, 2.75) is 18.3 Å². The molecule has 194 valence electrons. The number of aromatic nitrogens is 3. The first-order chi connectivity index (χ1) is 17.3. The summed E-state index contributed by atoms with van der Waals surface area (Å²) in [5, 5.41) is 5.29. The minimum Gasteiger partial charge on any atom is -0.366 e. The normalized spacial score (nSPS) is 13.1. The zero-order chi connectivity index (χ0) is 27.1. The highest BCUT2D eigenvalue weighted by atomic mass is 19.4. The van der Waals surface area contributed by atoms with Crippen molar-refractivity contribution < 1.29 is 39.9 Å². The van der Waals surface area contributed by atoms with Gasteiger partial charge in [0.2, 0.25) is 5.95 Å². The van der Waals surface area contributed by atoms with E-state index in [1.54, 1.807) is 0 Å². The molecule has 6 nitrogen and oxygen atoms in total. The van der Waals surface area contributed by atoms with Crippen LogP contribution in [0.2, 0.25) is 0 Å². The largest absolute Gasteiger partial charge is 0.417 e. The molecule has 1 atom stereocenters. The van der Waals surface area contributed by atoms with Gasteiger partial charge in [0, 0.05) is 11.8 Å². The third-order valence-corrected chi connectivity index (χ3v) is 5.36. The van der Waals surface area contributed by atoms with E-state index in [1.807, 2.05) is 0 Å². The van der Waals surface area contributed by atoms with Gasteiger partial charge in [-0.1, -0.05) is 18.2 Å². The third kappa shape index (κ3) is 5.17. The Morgan fingerprint density at radius 1 is 1.03 bits per heavy atom. The van der Waals surface area contributed by atoms with Gasteiger partial charge in [-0.3, -0.25) is 4.79 Å². The van der Waals surface area contributed by atoms with E-state index in [2.05, 4.69) is 10.1 Å². The SMILES string of the molecule is Nc1nc2cc(-c3ccc(C(F)(F)F)c(C(=O)NCC(F)(F)[C@@H](F)c4ccc(F)cc4)c3F)ccn2n1. The summed E-state index contributed by atoms with van der Waals surface area (Å²) in [5.74, 6) is -8.75. The van der Waals surface area contributed by atoms with Gasteiger partial charge in [-0.2, -0.15) is 18.2 Å². The Morgan fingerprint density at radius 2 is 1.70 bits per heavy atom. The predicted molar refractivity (Wildman–Crippen MR) is 115 cm³/mol. The van der Waals surface area contributed by atoms with E-state index >= 15 is 4.39 Å². The second kappa shape index (κ2) is 9.33. The molecule has 0 bridgehead atoms. The zero-order valence-electron chi connectivity index (χ0n) is 18.3. The highest BCUT2D eigenvalue weighted by Crippen LogP contribution is 2.38. The quantitative estimate of drug-likeness (QED) is 0.330. The molecule has 2 aromatic carbocycles. The van der Waals surface area contributed by atoms with Gasteiger partial charge >= 0.3 is 6.18 Å². The number of carbonyl (C=O) groups excluding carboxylic acids is 1. The molecule has 37 heavy (non-hydrogen) atoms. The van der Waals surface area contributed by atoms with E-state index in [0.717, 1.165) is 30.3 Å². The van der Waals surface area contributed by atoms with E-state index in [1.165, 1.54) is 28.2 Å². The average Bonchev–Trinajstić information content (AvgIpc) is 3.21. The number of nitrogen functional groups attached to an aromatic ring is 1. The van der Waals surface area contributed by atoms with E-state index in [-0.39, 0.29) is 17.2 Å². The number of alkyl halides is 6. The number of nitrogens with one attached hydrogen (secondary N) is 1. The first kappa shape index (κ1) is 25.9. The van der Waals surface area contributed by atoms with Crippen molar-refractivity contribution in [1.82, 2.24) is 19.9 Å². The van der Waals surface area contributed by atoms with Crippen molar-refractivity contribution in [3.63, 3.8) is 0 Å². The number of halogens is 8. The number of hydrogen-bond donors (Lipinski definition) is 2. The fourth-order valence-electron chi connectivity index (χ4n) is 3.58. The summed E-state index contributed by atoms with van der Waals surface area (Å²) in [6.45, 7) is -1.77. The van der Waals surface area contributed by atoms with Crippen LogP contribution < -0.4 is 11.1 Å². The fraction of sp³-hybridized carbons (Fsp3) is 0.174.